The van der Waals surface area contributed by atoms with Gasteiger partial charge in [-0.3, -0.25) is 9.59 Å². The highest BCUT2D eigenvalue weighted by Gasteiger charge is 2.38. The molecule has 1 aliphatic heterocycles. The van der Waals surface area contributed by atoms with Gasteiger partial charge in [-0.25, -0.2) is 0 Å². The van der Waals surface area contributed by atoms with Crippen molar-refractivity contribution in [2.75, 3.05) is 33.4 Å². The normalized spacial score (nSPS) is 20.7. The summed E-state index contributed by atoms with van der Waals surface area (Å²) in [5.74, 6) is -0.253. The van der Waals surface area contributed by atoms with Gasteiger partial charge in [-0.05, 0) is 20.4 Å². The van der Waals surface area contributed by atoms with Crippen molar-refractivity contribution in [3.63, 3.8) is 0 Å². The third kappa shape index (κ3) is 3.20. The van der Waals surface area contributed by atoms with Gasteiger partial charge < -0.3 is 20.3 Å². The molecular weight excluding hydrogens is 234 g/mol. The molecule has 2 N–H and O–H groups in total. The molecule has 1 aliphatic rings. The minimum atomic E-state index is -0.668. The zero-order valence-corrected chi connectivity index (χ0v) is 11.6. The molecule has 1 atom stereocenters. The minimum Gasteiger partial charge on any atom is -0.377 e. The molecule has 0 saturated carbocycles. The van der Waals surface area contributed by atoms with Gasteiger partial charge in [0.25, 0.3) is 0 Å². The van der Waals surface area contributed by atoms with Crippen molar-refractivity contribution < 1.29 is 14.3 Å². The van der Waals surface area contributed by atoms with Crippen LogP contribution in [-0.2, 0) is 14.3 Å². The molecule has 1 fully saturated rings. The Hall–Kier alpha value is -1.14. The molecule has 0 aromatic heterocycles. The van der Waals surface area contributed by atoms with E-state index in [0.717, 1.165) is 0 Å². The first-order chi connectivity index (χ1) is 8.44. The number of rotatable bonds is 4. The van der Waals surface area contributed by atoms with E-state index in [1.165, 1.54) is 0 Å². The molecule has 18 heavy (non-hydrogen) atoms. The van der Waals surface area contributed by atoms with Crippen LogP contribution >= 0.6 is 0 Å². The van der Waals surface area contributed by atoms with Gasteiger partial charge in [-0.15, -0.1) is 0 Å². The fraction of sp³-hybridized carbons (Fsp3) is 0.833. The molecule has 0 radical (unpaired) electrons. The smallest absolute Gasteiger partial charge is 0.244 e. The van der Waals surface area contributed by atoms with E-state index >= 15 is 0 Å². The summed E-state index contributed by atoms with van der Waals surface area (Å²) in [4.78, 5) is 25.8. The minimum absolute atomic E-state index is 0.0683. The molecule has 2 amide bonds. The first-order valence-corrected chi connectivity index (χ1v) is 6.29. The van der Waals surface area contributed by atoms with Crippen molar-refractivity contribution in [1.29, 1.82) is 0 Å². The Morgan fingerprint density at radius 2 is 2.11 bits per heavy atom. The topological polar surface area (TPSA) is 70.7 Å². The maximum Gasteiger partial charge on any atom is 0.244 e. The van der Waals surface area contributed by atoms with Gasteiger partial charge in [0.2, 0.25) is 11.8 Å². The average molecular weight is 257 g/mol. The molecule has 0 bridgehead atoms. The Kier molecular flexibility index (Phi) is 5.10. The summed E-state index contributed by atoms with van der Waals surface area (Å²) in [6.45, 7) is 7.49. The second-order valence-electron chi connectivity index (χ2n) is 4.86. The molecule has 1 rings (SSSR count). The standard InChI is InChI=1S/C12H23N3O3/c1-5-14-12(2,3)11(17)15-6-7-18-8-9(15)10(16)13-4/h9,14H,5-8H2,1-4H3,(H,13,16). The lowest BCUT2D eigenvalue weighted by Gasteiger charge is -2.39. The van der Waals surface area contributed by atoms with Crippen LogP contribution in [0.4, 0.5) is 0 Å². The molecule has 0 aliphatic carbocycles. The van der Waals surface area contributed by atoms with Crippen LogP contribution < -0.4 is 10.6 Å². The molecule has 104 valence electrons. The Labute approximate surface area is 108 Å². The van der Waals surface area contributed by atoms with Crippen molar-refractivity contribution in [2.45, 2.75) is 32.4 Å². The van der Waals surface area contributed by atoms with E-state index in [4.69, 9.17) is 4.74 Å². The summed E-state index contributed by atoms with van der Waals surface area (Å²) in [6, 6.07) is -0.533. The van der Waals surface area contributed by atoms with Crippen molar-refractivity contribution in [1.82, 2.24) is 15.5 Å². The highest BCUT2D eigenvalue weighted by molar-refractivity contribution is 5.91. The number of carbonyl (C=O) groups is 2. The third-order valence-corrected chi connectivity index (χ3v) is 3.09. The molecule has 0 aromatic rings. The number of nitrogens with zero attached hydrogens (tertiary/aromatic N) is 1. The Morgan fingerprint density at radius 1 is 1.44 bits per heavy atom. The molecule has 0 aromatic carbocycles. The third-order valence-electron chi connectivity index (χ3n) is 3.09. The molecule has 1 saturated heterocycles. The van der Waals surface area contributed by atoms with E-state index < -0.39 is 11.6 Å². The number of morpholine rings is 1. The van der Waals surface area contributed by atoms with Crippen LogP contribution in [0.1, 0.15) is 20.8 Å². The zero-order valence-electron chi connectivity index (χ0n) is 11.6. The van der Waals surface area contributed by atoms with Gasteiger partial charge in [0.05, 0.1) is 18.8 Å². The van der Waals surface area contributed by atoms with Crippen LogP contribution in [0.2, 0.25) is 0 Å². The van der Waals surface area contributed by atoms with Crippen LogP contribution in [0.5, 0.6) is 0 Å². The number of likely N-dealkylation sites (N-methyl/N-ethyl adjacent to an activating group) is 2. The van der Waals surface area contributed by atoms with E-state index in [2.05, 4.69) is 10.6 Å². The fourth-order valence-corrected chi connectivity index (χ4v) is 2.11. The molecule has 1 heterocycles. The second-order valence-corrected chi connectivity index (χ2v) is 4.86. The first-order valence-electron chi connectivity index (χ1n) is 6.29. The van der Waals surface area contributed by atoms with Crippen molar-refractivity contribution >= 4 is 11.8 Å². The van der Waals surface area contributed by atoms with E-state index in [9.17, 15) is 9.59 Å². The maximum atomic E-state index is 12.5. The summed E-state index contributed by atoms with van der Waals surface area (Å²) >= 11 is 0. The molecule has 6 nitrogen and oxygen atoms in total. The van der Waals surface area contributed by atoms with Gasteiger partial charge in [0.1, 0.15) is 6.04 Å². The summed E-state index contributed by atoms with van der Waals surface area (Å²) in [5, 5.41) is 5.70. The summed E-state index contributed by atoms with van der Waals surface area (Å²) in [7, 11) is 1.56. The summed E-state index contributed by atoms with van der Waals surface area (Å²) in [5.41, 5.74) is -0.668. The highest BCUT2D eigenvalue weighted by Crippen LogP contribution is 2.14. The van der Waals surface area contributed by atoms with E-state index in [0.29, 0.717) is 19.7 Å². The monoisotopic (exact) mass is 257 g/mol. The largest absolute Gasteiger partial charge is 0.377 e. The van der Waals surface area contributed by atoms with Crippen molar-refractivity contribution in [3.8, 4) is 0 Å². The van der Waals surface area contributed by atoms with Crippen LogP contribution in [0, 0.1) is 0 Å². The highest BCUT2D eigenvalue weighted by atomic mass is 16.5. The summed E-state index contributed by atoms with van der Waals surface area (Å²) in [6.07, 6.45) is 0. The predicted molar refractivity (Wildman–Crippen MR) is 68.1 cm³/mol. The van der Waals surface area contributed by atoms with Gasteiger partial charge in [0, 0.05) is 13.6 Å². The van der Waals surface area contributed by atoms with Crippen LogP contribution in [0.15, 0.2) is 0 Å². The van der Waals surface area contributed by atoms with Crippen LogP contribution in [0.25, 0.3) is 0 Å². The Bertz CT molecular complexity index is 318. The van der Waals surface area contributed by atoms with E-state index in [-0.39, 0.29) is 18.4 Å². The van der Waals surface area contributed by atoms with Gasteiger partial charge in [0.15, 0.2) is 0 Å². The lowest BCUT2D eigenvalue weighted by Crippen LogP contribution is -2.62. The van der Waals surface area contributed by atoms with Gasteiger partial charge >= 0.3 is 0 Å². The molecule has 0 spiro atoms. The fourth-order valence-electron chi connectivity index (χ4n) is 2.11. The number of amides is 2. The second kappa shape index (κ2) is 6.15. The number of hydrogen-bond acceptors (Lipinski definition) is 4. The van der Waals surface area contributed by atoms with E-state index in [1.807, 2.05) is 20.8 Å². The number of carbonyl (C=O) groups excluding carboxylic acids is 2. The van der Waals surface area contributed by atoms with E-state index in [1.54, 1.807) is 11.9 Å². The number of ether oxygens (including phenoxy) is 1. The number of nitrogens with one attached hydrogen (secondary N) is 2. The zero-order chi connectivity index (χ0) is 13.8. The maximum absolute atomic E-state index is 12.5. The Balaban J connectivity index is 2.83. The summed E-state index contributed by atoms with van der Waals surface area (Å²) < 4.78 is 5.28. The van der Waals surface area contributed by atoms with Gasteiger partial charge in [-0.1, -0.05) is 6.92 Å². The van der Waals surface area contributed by atoms with Gasteiger partial charge in [-0.2, -0.15) is 0 Å². The predicted octanol–water partition coefficient (Wildman–Crippen LogP) is -0.652. The Morgan fingerprint density at radius 3 is 2.67 bits per heavy atom. The first kappa shape index (κ1) is 14.9. The SMILES string of the molecule is CCNC(C)(C)C(=O)N1CCOCC1C(=O)NC. The number of hydrogen-bond donors (Lipinski definition) is 2. The molecule has 6 heteroatoms. The van der Waals surface area contributed by atoms with Crippen LogP contribution in [-0.4, -0.2) is 61.6 Å². The average Bonchev–Trinajstić information content (AvgIpc) is 2.37. The van der Waals surface area contributed by atoms with Crippen molar-refractivity contribution in [2.24, 2.45) is 0 Å². The lowest BCUT2D eigenvalue weighted by molar-refractivity contribution is -0.152. The van der Waals surface area contributed by atoms with Crippen LogP contribution in [0.3, 0.4) is 0 Å². The quantitative estimate of drug-likeness (QED) is 0.702. The lowest BCUT2D eigenvalue weighted by atomic mass is 10.0. The molecular formula is C12H23N3O3. The molecule has 1 unspecified atom stereocenters. The van der Waals surface area contributed by atoms with Crippen molar-refractivity contribution in [3.05, 3.63) is 0 Å².